The molecule has 0 bridgehead atoms. The average molecular weight is 499 g/mol. The summed E-state index contributed by atoms with van der Waals surface area (Å²) in [6, 6.07) is 7.50. The van der Waals surface area contributed by atoms with E-state index in [1.165, 1.54) is 12.3 Å². The second-order valence-electron chi connectivity index (χ2n) is 9.99. The van der Waals surface area contributed by atoms with Crippen LogP contribution < -0.4 is 10.1 Å². The highest BCUT2D eigenvalue weighted by atomic mass is 19.1. The second-order valence-corrected chi connectivity index (χ2v) is 9.99. The number of benzene rings is 1. The number of aliphatic hydroxyl groups is 1. The summed E-state index contributed by atoms with van der Waals surface area (Å²) in [6.45, 7) is 4.15. The number of aromatic nitrogens is 1. The van der Waals surface area contributed by atoms with Crippen LogP contribution in [0.1, 0.15) is 49.9 Å². The maximum absolute atomic E-state index is 14.5. The summed E-state index contributed by atoms with van der Waals surface area (Å²) in [6.07, 6.45) is 5.28. The van der Waals surface area contributed by atoms with Crippen molar-refractivity contribution in [2.45, 2.75) is 57.7 Å². The van der Waals surface area contributed by atoms with E-state index in [0.29, 0.717) is 24.2 Å². The van der Waals surface area contributed by atoms with Crippen molar-refractivity contribution in [1.82, 2.24) is 20.1 Å². The molecule has 3 amide bonds. The number of likely N-dealkylation sites (N-methyl/N-ethyl adjacent to an activating group) is 1. The van der Waals surface area contributed by atoms with Crippen LogP contribution in [0.4, 0.5) is 9.18 Å². The van der Waals surface area contributed by atoms with E-state index in [-0.39, 0.29) is 41.9 Å². The number of nitrogens with one attached hydrogen (secondary N) is 1. The predicted octanol–water partition coefficient (Wildman–Crippen LogP) is 3.69. The van der Waals surface area contributed by atoms with Crippen molar-refractivity contribution < 1.29 is 23.8 Å². The lowest BCUT2D eigenvalue weighted by Gasteiger charge is -2.37. The summed E-state index contributed by atoms with van der Waals surface area (Å²) in [5.74, 6) is -0.766. The van der Waals surface area contributed by atoms with Gasteiger partial charge in [-0.25, -0.2) is 14.2 Å². The molecule has 194 valence electrons. The standard InChI is InChI=1S/C27H35FN4O4/c1-17-14-32(18(2)16-33)26(34)22-12-19(21-10-6-7-11-23(21)28)13-29-25(22)36-24(17)15-31(3)27(35)30-20-8-4-5-9-20/h6-7,10-13,17-18,20,24,33H,4-5,8-9,14-16H2,1-3H3,(H,30,35)/t17-,18-,24+/m0/s1. The Kier molecular flexibility index (Phi) is 8.08. The fourth-order valence-corrected chi connectivity index (χ4v) is 4.87. The summed E-state index contributed by atoms with van der Waals surface area (Å²) in [4.78, 5) is 34.0. The lowest BCUT2D eigenvalue weighted by molar-refractivity contribution is 0.0351. The number of aliphatic hydroxyl groups excluding tert-OH is 1. The maximum atomic E-state index is 14.5. The van der Waals surface area contributed by atoms with E-state index < -0.39 is 18.0 Å². The molecule has 1 saturated carbocycles. The number of nitrogens with zero attached hydrogens (tertiary/aromatic N) is 3. The number of rotatable bonds is 6. The van der Waals surface area contributed by atoms with Gasteiger partial charge in [0.2, 0.25) is 5.88 Å². The molecule has 9 heteroatoms. The number of carbonyl (C=O) groups is 2. The van der Waals surface area contributed by atoms with Crippen LogP contribution in [0.2, 0.25) is 0 Å². The van der Waals surface area contributed by atoms with Crippen molar-refractivity contribution in [3.05, 3.63) is 47.9 Å². The first-order valence-corrected chi connectivity index (χ1v) is 12.6. The van der Waals surface area contributed by atoms with Crippen LogP contribution in [-0.4, -0.2) is 76.8 Å². The Hall–Kier alpha value is -3.20. The molecule has 2 N–H and O–H groups in total. The van der Waals surface area contributed by atoms with Crippen LogP contribution in [0.25, 0.3) is 11.1 Å². The molecule has 36 heavy (non-hydrogen) atoms. The maximum Gasteiger partial charge on any atom is 0.317 e. The van der Waals surface area contributed by atoms with Crippen LogP contribution in [0.3, 0.4) is 0 Å². The van der Waals surface area contributed by atoms with E-state index >= 15 is 0 Å². The van der Waals surface area contributed by atoms with E-state index in [4.69, 9.17) is 4.74 Å². The lowest BCUT2D eigenvalue weighted by Crippen LogP contribution is -2.52. The number of ether oxygens (including phenoxy) is 1. The molecule has 0 unspecified atom stereocenters. The monoisotopic (exact) mass is 498 g/mol. The summed E-state index contributed by atoms with van der Waals surface area (Å²) in [5, 5.41) is 12.9. The van der Waals surface area contributed by atoms with Gasteiger partial charge in [0.25, 0.3) is 5.91 Å². The summed E-state index contributed by atoms with van der Waals surface area (Å²) in [5.41, 5.74) is 0.988. The molecule has 4 rings (SSSR count). The molecule has 2 heterocycles. The van der Waals surface area contributed by atoms with Gasteiger partial charge in [0.05, 0.1) is 19.2 Å². The van der Waals surface area contributed by atoms with Crippen molar-refractivity contribution in [2.24, 2.45) is 5.92 Å². The fraction of sp³-hybridized carbons (Fsp3) is 0.519. The third-order valence-electron chi connectivity index (χ3n) is 7.19. The predicted molar refractivity (Wildman–Crippen MR) is 134 cm³/mol. The zero-order valence-electron chi connectivity index (χ0n) is 21.1. The molecule has 1 aliphatic carbocycles. The Bertz CT molecular complexity index is 1090. The van der Waals surface area contributed by atoms with Gasteiger partial charge in [-0.3, -0.25) is 4.79 Å². The largest absolute Gasteiger partial charge is 0.472 e. The highest BCUT2D eigenvalue weighted by Gasteiger charge is 2.35. The van der Waals surface area contributed by atoms with Gasteiger partial charge in [0, 0.05) is 42.9 Å². The van der Waals surface area contributed by atoms with Gasteiger partial charge >= 0.3 is 6.03 Å². The Morgan fingerprint density at radius 1 is 1.31 bits per heavy atom. The zero-order chi connectivity index (χ0) is 25.8. The molecular formula is C27H35FN4O4. The van der Waals surface area contributed by atoms with Gasteiger partial charge in [0.1, 0.15) is 17.5 Å². The summed E-state index contributed by atoms with van der Waals surface area (Å²) in [7, 11) is 1.73. The molecule has 0 radical (unpaired) electrons. The quantitative estimate of drug-likeness (QED) is 0.634. The molecule has 1 fully saturated rings. The van der Waals surface area contributed by atoms with Crippen LogP contribution in [0.15, 0.2) is 36.5 Å². The number of urea groups is 1. The Balaban J connectivity index is 1.63. The number of hydrogen-bond acceptors (Lipinski definition) is 5. The van der Waals surface area contributed by atoms with Gasteiger partial charge in [-0.15, -0.1) is 0 Å². The van der Waals surface area contributed by atoms with Crippen LogP contribution in [0.5, 0.6) is 5.88 Å². The first-order chi connectivity index (χ1) is 17.3. The molecule has 2 aliphatic rings. The summed E-state index contributed by atoms with van der Waals surface area (Å²) >= 11 is 0. The highest BCUT2D eigenvalue weighted by molar-refractivity contribution is 5.98. The van der Waals surface area contributed by atoms with Crippen LogP contribution in [-0.2, 0) is 0 Å². The fourth-order valence-electron chi connectivity index (χ4n) is 4.87. The smallest absolute Gasteiger partial charge is 0.317 e. The molecule has 1 aliphatic heterocycles. The minimum absolute atomic E-state index is 0.136. The number of hydrogen-bond donors (Lipinski definition) is 2. The normalized spacial score (nSPS) is 21.2. The van der Waals surface area contributed by atoms with Crippen molar-refractivity contribution in [3.63, 3.8) is 0 Å². The van der Waals surface area contributed by atoms with Crippen molar-refractivity contribution in [3.8, 4) is 17.0 Å². The average Bonchev–Trinajstić information content (AvgIpc) is 3.38. The van der Waals surface area contributed by atoms with Gasteiger partial charge in [0.15, 0.2) is 0 Å². The van der Waals surface area contributed by atoms with Crippen molar-refractivity contribution in [1.29, 1.82) is 0 Å². The number of halogens is 1. The Morgan fingerprint density at radius 2 is 2.03 bits per heavy atom. The number of fused-ring (bicyclic) bond motifs is 1. The number of carbonyl (C=O) groups excluding carboxylic acids is 2. The molecule has 3 atom stereocenters. The molecule has 0 spiro atoms. The van der Waals surface area contributed by atoms with Gasteiger partial charge in [-0.2, -0.15) is 0 Å². The van der Waals surface area contributed by atoms with Crippen molar-refractivity contribution in [2.75, 3.05) is 26.7 Å². The third kappa shape index (κ3) is 5.61. The number of pyridine rings is 1. The highest BCUT2D eigenvalue weighted by Crippen LogP contribution is 2.31. The van der Waals surface area contributed by atoms with E-state index in [0.717, 1.165) is 25.7 Å². The summed E-state index contributed by atoms with van der Waals surface area (Å²) < 4.78 is 20.7. The topological polar surface area (TPSA) is 95.0 Å². The van der Waals surface area contributed by atoms with Gasteiger partial charge in [-0.05, 0) is 31.9 Å². The van der Waals surface area contributed by atoms with E-state index in [9.17, 15) is 19.1 Å². The molecule has 1 aromatic carbocycles. The minimum atomic E-state index is -0.448. The molecule has 0 saturated heterocycles. The molecule has 8 nitrogen and oxygen atoms in total. The molecule has 2 aromatic rings. The molecule has 1 aromatic heterocycles. The second kappa shape index (κ2) is 11.2. The van der Waals surface area contributed by atoms with E-state index in [2.05, 4.69) is 10.3 Å². The number of amides is 3. The van der Waals surface area contributed by atoms with Gasteiger partial charge < -0.3 is 25.0 Å². The van der Waals surface area contributed by atoms with Crippen molar-refractivity contribution >= 4 is 11.9 Å². The minimum Gasteiger partial charge on any atom is -0.472 e. The first-order valence-electron chi connectivity index (χ1n) is 12.6. The first kappa shape index (κ1) is 25.9. The van der Waals surface area contributed by atoms with E-state index in [1.807, 2.05) is 6.92 Å². The zero-order valence-corrected chi connectivity index (χ0v) is 21.1. The Morgan fingerprint density at radius 3 is 2.72 bits per heavy atom. The van der Waals surface area contributed by atoms with Crippen LogP contribution in [0, 0.1) is 11.7 Å². The van der Waals surface area contributed by atoms with Crippen LogP contribution >= 0.6 is 0 Å². The SMILES string of the molecule is C[C@H]1CN([C@@H](C)CO)C(=O)c2cc(-c3ccccc3F)cnc2O[C@@H]1CN(C)C(=O)NC1CCCC1. The van der Waals surface area contributed by atoms with Gasteiger partial charge in [-0.1, -0.05) is 38.0 Å². The van der Waals surface area contributed by atoms with E-state index in [1.54, 1.807) is 48.0 Å². The Labute approximate surface area is 211 Å². The molecular weight excluding hydrogens is 463 g/mol. The third-order valence-corrected chi connectivity index (χ3v) is 7.19. The lowest BCUT2D eigenvalue weighted by atomic mass is 9.99.